The van der Waals surface area contributed by atoms with E-state index in [1.165, 1.54) is 18.2 Å². The number of nitrogens with zero attached hydrogens (tertiary/aromatic N) is 1. The number of rotatable bonds is 7. The van der Waals surface area contributed by atoms with Crippen molar-refractivity contribution in [1.29, 1.82) is 0 Å². The topological polar surface area (TPSA) is 75.7 Å². The van der Waals surface area contributed by atoms with Crippen molar-refractivity contribution in [2.24, 2.45) is 0 Å². The Morgan fingerprint density at radius 3 is 2.63 bits per heavy atom. The third kappa shape index (κ3) is 5.00. The smallest absolute Gasteiger partial charge is 0.264 e. The van der Waals surface area contributed by atoms with Crippen molar-refractivity contribution in [1.82, 2.24) is 5.32 Å². The summed E-state index contributed by atoms with van der Waals surface area (Å²) in [6.07, 6.45) is 1.84. The van der Waals surface area contributed by atoms with E-state index < -0.39 is 15.9 Å². The van der Waals surface area contributed by atoms with Gasteiger partial charge >= 0.3 is 0 Å². The Hall–Kier alpha value is -2.09. The molecule has 0 aromatic heterocycles. The highest BCUT2D eigenvalue weighted by molar-refractivity contribution is 7.92. The summed E-state index contributed by atoms with van der Waals surface area (Å²) in [6.45, 7) is 0.718. The van der Waals surface area contributed by atoms with Gasteiger partial charge in [-0.05, 0) is 43.2 Å². The second kappa shape index (κ2) is 8.73. The zero-order chi connectivity index (χ0) is 19.3. The van der Waals surface area contributed by atoms with Gasteiger partial charge in [0, 0.05) is 18.2 Å². The van der Waals surface area contributed by atoms with Crippen molar-refractivity contribution < 1.29 is 17.9 Å². The molecule has 1 unspecified atom stereocenters. The minimum Gasteiger partial charge on any atom is -0.376 e. The Kier molecular flexibility index (Phi) is 6.36. The van der Waals surface area contributed by atoms with Crippen LogP contribution in [0.15, 0.2) is 59.5 Å². The average molecular weight is 409 g/mol. The van der Waals surface area contributed by atoms with Crippen LogP contribution in [0.3, 0.4) is 0 Å². The summed E-state index contributed by atoms with van der Waals surface area (Å²) in [4.78, 5) is 12.5. The van der Waals surface area contributed by atoms with E-state index in [1.54, 1.807) is 36.4 Å². The molecular formula is C19H21ClN2O4S. The van der Waals surface area contributed by atoms with Crippen LogP contribution in [0.4, 0.5) is 5.69 Å². The number of amides is 1. The lowest BCUT2D eigenvalue weighted by Crippen LogP contribution is -2.42. The molecule has 1 heterocycles. The SMILES string of the molecule is O=C(CN(c1cccc(Cl)c1)S(=O)(=O)c1ccccc1)NCC1CCCO1. The molecule has 1 aliphatic rings. The van der Waals surface area contributed by atoms with Gasteiger partial charge in [0.2, 0.25) is 5.91 Å². The molecule has 1 amide bonds. The predicted octanol–water partition coefficient (Wildman–Crippen LogP) is 2.83. The Balaban J connectivity index is 1.83. The number of anilines is 1. The van der Waals surface area contributed by atoms with Crippen molar-refractivity contribution >= 4 is 33.2 Å². The lowest BCUT2D eigenvalue weighted by atomic mass is 10.2. The van der Waals surface area contributed by atoms with Gasteiger partial charge in [-0.1, -0.05) is 35.9 Å². The van der Waals surface area contributed by atoms with Crippen molar-refractivity contribution in [2.75, 3.05) is 24.0 Å². The number of hydrogen-bond donors (Lipinski definition) is 1. The Labute approximate surface area is 164 Å². The van der Waals surface area contributed by atoms with E-state index in [9.17, 15) is 13.2 Å². The summed E-state index contributed by atoms with van der Waals surface area (Å²) in [5.41, 5.74) is 0.332. The maximum atomic E-state index is 13.1. The molecule has 0 spiro atoms. The molecule has 1 fully saturated rings. The third-order valence-electron chi connectivity index (χ3n) is 4.27. The normalized spacial score (nSPS) is 16.9. The summed E-state index contributed by atoms with van der Waals surface area (Å²) in [5.74, 6) is -0.398. The number of halogens is 1. The molecule has 27 heavy (non-hydrogen) atoms. The van der Waals surface area contributed by atoms with Crippen molar-refractivity contribution in [3.05, 3.63) is 59.6 Å². The van der Waals surface area contributed by atoms with Gasteiger partial charge in [0.25, 0.3) is 10.0 Å². The van der Waals surface area contributed by atoms with Crippen molar-refractivity contribution in [3.63, 3.8) is 0 Å². The van der Waals surface area contributed by atoms with Crippen LogP contribution in [-0.2, 0) is 19.6 Å². The molecule has 1 N–H and O–H groups in total. The summed E-state index contributed by atoms with van der Waals surface area (Å²) in [7, 11) is -3.92. The summed E-state index contributed by atoms with van der Waals surface area (Å²) < 4.78 is 32.8. The van der Waals surface area contributed by atoms with E-state index in [4.69, 9.17) is 16.3 Å². The highest BCUT2D eigenvalue weighted by Crippen LogP contribution is 2.26. The predicted molar refractivity (Wildman–Crippen MR) is 104 cm³/mol. The Bertz CT molecular complexity index is 884. The second-order valence-corrected chi connectivity index (χ2v) is 8.54. The van der Waals surface area contributed by atoms with Gasteiger partial charge in [-0.2, -0.15) is 0 Å². The average Bonchev–Trinajstić information content (AvgIpc) is 3.18. The molecule has 1 atom stereocenters. The highest BCUT2D eigenvalue weighted by atomic mass is 35.5. The van der Waals surface area contributed by atoms with Crippen LogP contribution in [0.1, 0.15) is 12.8 Å². The molecular weight excluding hydrogens is 388 g/mol. The first kappa shape index (κ1) is 19.7. The molecule has 2 aromatic carbocycles. The van der Waals surface area contributed by atoms with Crippen LogP contribution in [0.5, 0.6) is 0 Å². The van der Waals surface area contributed by atoms with E-state index >= 15 is 0 Å². The van der Waals surface area contributed by atoms with E-state index in [1.807, 2.05) is 0 Å². The maximum Gasteiger partial charge on any atom is 0.264 e. The summed E-state index contributed by atoms with van der Waals surface area (Å²) >= 11 is 6.03. The molecule has 0 saturated carbocycles. The molecule has 0 aliphatic carbocycles. The zero-order valence-electron chi connectivity index (χ0n) is 14.7. The first-order valence-electron chi connectivity index (χ1n) is 8.68. The molecule has 2 aromatic rings. The van der Waals surface area contributed by atoms with Crippen LogP contribution >= 0.6 is 11.6 Å². The van der Waals surface area contributed by atoms with Gasteiger partial charge in [0.15, 0.2) is 0 Å². The fourth-order valence-electron chi connectivity index (χ4n) is 2.89. The monoisotopic (exact) mass is 408 g/mol. The highest BCUT2D eigenvalue weighted by Gasteiger charge is 2.27. The molecule has 144 valence electrons. The maximum absolute atomic E-state index is 13.1. The number of benzene rings is 2. The number of sulfonamides is 1. The lowest BCUT2D eigenvalue weighted by Gasteiger charge is -2.24. The molecule has 0 bridgehead atoms. The van der Waals surface area contributed by atoms with Crippen LogP contribution < -0.4 is 9.62 Å². The molecule has 1 saturated heterocycles. The van der Waals surface area contributed by atoms with Gasteiger partial charge < -0.3 is 10.1 Å². The van der Waals surface area contributed by atoms with E-state index in [0.717, 1.165) is 17.1 Å². The van der Waals surface area contributed by atoms with E-state index in [-0.39, 0.29) is 17.5 Å². The third-order valence-corrected chi connectivity index (χ3v) is 6.29. The van der Waals surface area contributed by atoms with Gasteiger partial charge in [0.1, 0.15) is 6.54 Å². The van der Waals surface area contributed by atoms with Gasteiger partial charge in [-0.15, -0.1) is 0 Å². The molecule has 6 nitrogen and oxygen atoms in total. The molecule has 0 radical (unpaired) electrons. The van der Waals surface area contributed by atoms with E-state index in [2.05, 4.69) is 5.32 Å². The van der Waals surface area contributed by atoms with Gasteiger partial charge in [-0.3, -0.25) is 9.10 Å². The number of carbonyl (C=O) groups excluding carboxylic acids is 1. The summed E-state index contributed by atoms with van der Waals surface area (Å²) in [5, 5.41) is 3.15. The molecule has 8 heteroatoms. The largest absolute Gasteiger partial charge is 0.376 e. The van der Waals surface area contributed by atoms with Gasteiger partial charge in [-0.25, -0.2) is 8.42 Å². The van der Waals surface area contributed by atoms with Crippen molar-refractivity contribution in [3.8, 4) is 0 Å². The van der Waals surface area contributed by atoms with Crippen LogP contribution in [0.25, 0.3) is 0 Å². The minimum atomic E-state index is -3.92. The number of ether oxygens (including phenoxy) is 1. The fraction of sp³-hybridized carbons (Fsp3) is 0.316. The van der Waals surface area contributed by atoms with Crippen LogP contribution in [0, 0.1) is 0 Å². The second-order valence-electron chi connectivity index (χ2n) is 6.24. The number of nitrogens with one attached hydrogen (secondary N) is 1. The number of carbonyl (C=O) groups is 1. The first-order valence-corrected chi connectivity index (χ1v) is 10.5. The molecule has 1 aliphatic heterocycles. The zero-order valence-corrected chi connectivity index (χ0v) is 16.2. The standard InChI is InChI=1S/C19H21ClN2O4S/c20-15-6-4-7-16(12-15)22(27(24,25)18-9-2-1-3-10-18)14-19(23)21-13-17-8-5-11-26-17/h1-4,6-7,9-10,12,17H,5,8,11,13-14H2,(H,21,23). The Morgan fingerprint density at radius 2 is 1.96 bits per heavy atom. The summed E-state index contributed by atoms with van der Waals surface area (Å²) in [6, 6.07) is 14.4. The van der Waals surface area contributed by atoms with E-state index in [0.29, 0.717) is 23.9 Å². The Morgan fingerprint density at radius 1 is 1.19 bits per heavy atom. The van der Waals surface area contributed by atoms with Gasteiger partial charge in [0.05, 0.1) is 16.7 Å². The number of hydrogen-bond acceptors (Lipinski definition) is 4. The first-order chi connectivity index (χ1) is 13.0. The minimum absolute atomic E-state index is 0.0145. The molecule has 3 rings (SSSR count). The lowest BCUT2D eigenvalue weighted by molar-refractivity contribution is -0.120. The van der Waals surface area contributed by atoms with Crippen LogP contribution in [0.2, 0.25) is 5.02 Å². The van der Waals surface area contributed by atoms with Crippen LogP contribution in [-0.4, -0.2) is 40.1 Å². The van der Waals surface area contributed by atoms with Crippen molar-refractivity contribution in [2.45, 2.75) is 23.8 Å². The quantitative estimate of drug-likeness (QED) is 0.764. The fourth-order valence-corrected chi connectivity index (χ4v) is 4.50.